The van der Waals surface area contributed by atoms with Crippen molar-refractivity contribution in [1.82, 2.24) is 24.6 Å². The lowest BCUT2D eigenvalue weighted by Gasteiger charge is -2.31. The van der Waals surface area contributed by atoms with E-state index < -0.39 is 0 Å². The van der Waals surface area contributed by atoms with Crippen molar-refractivity contribution in [2.45, 2.75) is 39.2 Å². The van der Waals surface area contributed by atoms with Crippen molar-refractivity contribution in [2.24, 2.45) is 5.92 Å². The fourth-order valence-electron chi connectivity index (χ4n) is 3.59. The monoisotopic (exact) mass is 394 g/mol. The summed E-state index contributed by atoms with van der Waals surface area (Å²) in [5.41, 5.74) is 1.97. The summed E-state index contributed by atoms with van der Waals surface area (Å²) in [6.45, 7) is 4.26. The topological polar surface area (TPSA) is 89.1 Å². The van der Waals surface area contributed by atoms with Gasteiger partial charge >= 0.3 is 6.03 Å². The number of hydrogen-bond donors (Lipinski definition) is 1. The number of carbonyl (C=O) groups excluding carboxylic acids is 1. The highest BCUT2D eigenvalue weighted by Crippen LogP contribution is 2.22. The van der Waals surface area contributed by atoms with E-state index in [1.54, 1.807) is 12.5 Å². The van der Waals surface area contributed by atoms with E-state index in [1.165, 1.54) is 0 Å². The number of benzene rings is 1. The van der Waals surface area contributed by atoms with Crippen LogP contribution in [0.5, 0.6) is 0 Å². The van der Waals surface area contributed by atoms with Crippen molar-refractivity contribution in [3.63, 3.8) is 0 Å². The number of hydrogen-bond acceptors (Lipinski definition) is 5. The molecule has 0 radical (unpaired) electrons. The van der Waals surface area contributed by atoms with Gasteiger partial charge in [-0.2, -0.15) is 4.98 Å². The summed E-state index contributed by atoms with van der Waals surface area (Å²) in [4.78, 5) is 22.9. The molecule has 0 spiro atoms. The smallest absolute Gasteiger partial charge is 0.321 e. The average Bonchev–Trinajstić information content (AvgIpc) is 3.42. The van der Waals surface area contributed by atoms with E-state index in [9.17, 15) is 4.79 Å². The number of rotatable bonds is 6. The molecule has 0 bridgehead atoms. The van der Waals surface area contributed by atoms with E-state index in [0.717, 1.165) is 62.4 Å². The van der Waals surface area contributed by atoms with Gasteiger partial charge in [0.1, 0.15) is 0 Å². The largest absolute Gasteiger partial charge is 0.339 e. The molecule has 152 valence electrons. The number of imidazole rings is 1. The van der Waals surface area contributed by atoms with Crippen molar-refractivity contribution in [2.75, 3.05) is 18.4 Å². The molecule has 1 fully saturated rings. The number of aryl methyl sites for hydroxylation is 1. The number of piperidine rings is 1. The summed E-state index contributed by atoms with van der Waals surface area (Å²) in [5, 5.41) is 6.95. The van der Waals surface area contributed by atoms with Gasteiger partial charge in [-0.15, -0.1) is 0 Å². The zero-order valence-electron chi connectivity index (χ0n) is 16.6. The molecule has 1 aliphatic rings. The standard InChI is InChI=1S/C21H26N6O2/c1-2-19-24-20(29-25-19)13-16-7-10-27(11-8-16)21(28)23-18-5-3-17(4-6-18)14-26-12-9-22-15-26/h3-6,9,12,15-16H,2,7-8,10-11,13-14H2,1H3,(H,23,28). The number of nitrogens with one attached hydrogen (secondary N) is 1. The van der Waals surface area contributed by atoms with Crippen LogP contribution in [0.25, 0.3) is 0 Å². The molecule has 8 heteroatoms. The molecule has 0 atom stereocenters. The van der Waals surface area contributed by atoms with Crippen LogP contribution in [0.2, 0.25) is 0 Å². The summed E-state index contributed by atoms with van der Waals surface area (Å²) in [5.74, 6) is 1.94. The van der Waals surface area contributed by atoms with Gasteiger partial charge in [-0.25, -0.2) is 9.78 Å². The first kappa shape index (κ1) is 19.2. The molecule has 3 heterocycles. The van der Waals surface area contributed by atoms with Crippen molar-refractivity contribution in [1.29, 1.82) is 0 Å². The van der Waals surface area contributed by atoms with E-state index in [2.05, 4.69) is 20.4 Å². The summed E-state index contributed by atoms with van der Waals surface area (Å²) in [6, 6.07) is 7.89. The van der Waals surface area contributed by atoms with E-state index in [-0.39, 0.29) is 6.03 Å². The molecule has 0 aliphatic carbocycles. The molecule has 29 heavy (non-hydrogen) atoms. The van der Waals surface area contributed by atoms with Gasteiger partial charge in [0.25, 0.3) is 0 Å². The summed E-state index contributed by atoms with van der Waals surface area (Å²) < 4.78 is 7.30. The highest BCUT2D eigenvalue weighted by molar-refractivity contribution is 5.89. The number of aromatic nitrogens is 4. The number of carbonyl (C=O) groups is 1. The molecule has 1 saturated heterocycles. The number of anilines is 1. The van der Waals surface area contributed by atoms with Crippen LogP contribution in [0.4, 0.5) is 10.5 Å². The molecule has 2 amide bonds. The van der Waals surface area contributed by atoms with Crippen LogP contribution >= 0.6 is 0 Å². The second-order valence-corrected chi connectivity index (χ2v) is 7.45. The second-order valence-electron chi connectivity index (χ2n) is 7.45. The highest BCUT2D eigenvalue weighted by atomic mass is 16.5. The van der Waals surface area contributed by atoms with E-state index >= 15 is 0 Å². The Labute approximate surface area is 169 Å². The first-order valence-electron chi connectivity index (χ1n) is 10.1. The first-order chi connectivity index (χ1) is 14.2. The Morgan fingerprint density at radius 1 is 1.24 bits per heavy atom. The Kier molecular flexibility index (Phi) is 5.88. The SMILES string of the molecule is CCc1noc(CC2CCN(C(=O)Nc3ccc(Cn4ccnc4)cc3)CC2)n1. The fourth-order valence-corrected chi connectivity index (χ4v) is 3.59. The molecule has 0 unspecified atom stereocenters. The summed E-state index contributed by atoms with van der Waals surface area (Å²) in [7, 11) is 0. The van der Waals surface area contributed by atoms with Gasteiger partial charge in [0.2, 0.25) is 5.89 Å². The highest BCUT2D eigenvalue weighted by Gasteiger charge is 2.24. The molecule has 1 N–H and O–H groups in total. The van der Waals surface area contributed by atoms with E-state index in [4.69, 9.17) is 4.52 Å². The third-order valence-corrected chi connectivity index (χ3v) is 5.32. The molecule has 4 rings (SSSR count). The van der Waals surface area contributed by atoms with Crippen LogP contribution in [-0.4, -0.2) is 43.7 Å². The molecule has 2 aromatic heterocycles. The van der Waals surface area contributed by atoms with Crippen LogP contribution in [-0.2, 0) is 19.4 Å². The van der Waals surface area contributed by atoms with Crippen LogP contribution in [0.3, 0.4) is 0 Å². The van der Waals surface area contributed by atoms with E-state index in [1.807, 2.05) is 46.9 Å². The molecule has 0 saturated carbocycles. The van der Waals surface area contributed by atoms with Gasteiger partial charge < -0.3 is 19.3 Å². The number of amides is 2. The van der Waals surface area contributed by atoms with Crippen molar-refractivity contribution < 1.29 is 9.32 Å². The van der Waals surface area contributed by atoms with Crippen molar-refractivity contribution in [3.05, 3.63) is 60.3 Å². The Bertz CT molecular complexity index is 911. The van der Waals surface area contributed by atoms with Crippen LogP contribution < -0.4 is 5.32 Å². The summed E-state index contributed by atoms with van der Waals surface area (Å²) >= 11 is 0. The third-order valence-electron chi connectivity index (χ3n) is 5.32. The van der Waals surface area contributed by atoms with Crippen LogP contribution in [0.1, 0.15) is 37.0 Å². The Morgan fingerprint density at radius 3 is 2.69 bits per heavy atom. The molecule has 1 aromatic carbocycles. The molecule has 8 nitrogen and oxygen atoms in total. The van der Waals surface area contributed by atoms with Crippen LogP contribution in [0.15, 0.2) is 47.5 Å². The summed E-state index contributed by atoms with van der Waals surface area (Å²) in [6.07, 6.45) is 8.96. The van der Waals surface area contributed by atoms with Gasteiger partial charge in [-0.3, -0.25) is 0 Å². The quantitative estimate of drug-likeness (QED) is 0.692. The minimum atomic E-state index is -0.0446. The van der Waals surface area contributed by atoms with Gasteiger partial charge in [0.15, 0.2) is 5.82 Å². The van der Waals surface area contributed by atoms with Gasteiger partial charge in [-0.05, 0) is 36.5 Å². The Balaban J connectivity index is 1.24. The molecule has 1 aliphatic heterocycles. The van der Waals surface area contributed by atoms with Crippen LogP contribution in [0, 0.1) is 5.92 Å². The minimum Gasteiger partial charge on any atom is -0.339 e. The minimum absolute atomic E-state index is 0.0446. The lowest BCUT2D eigenvalue weighted by atomic mass is 9.94. The maximum absolute atomic E-state index is 12.6. The predicted octanol–water partition coefficient (Wildman–Crippen LogP) is 3.36. The second kappa shape index (κ2) is 8.89. The van der Waals surface area contributed by atoms with Gasteiger partial charge in [0, 0.05) is 50.6 Å². The Hall–Kier alpha value is -3.16. The zero-order valence-corrected chi connectivity index (χ0v) is 16.6. The number of urea groups is 1. The lowest BCUT2D eigenvalue weighted by molar-refractivity contribution is 0.179. The fraction of sp³-hybridized carbons (Fsp3) is 0.429. The average molecular weight is 394 g/mol. The van der Waals surface area contributed by atoms with E-state index in [0.29, 0.717) is 11.8 Å². The van der Waals surface area contributed by atoms with Gasteiger partial charge in [0.05, 0.1) is 6.33 Å². The lowest BCUT2D eigenvalue weighted by Crippen LogP contribution is -2.41. The predicted molar refractivity (Wildman–Crippen MR) is 108 cm³/mol. The molecular formula is C21H26N6O2. The zero-order chi connectivity index (χ0) is 20.1. The molecule has 3 aromatic rings. The van der Waals surface area contributed by atoms with Gasteiger partial charge in [-0.1, -0.05) is 24.2 Å². The Morgan fingerprint density at radius 2 is 2.03 bits per heavy atom. The molecular weight excluding hydrogens is 368 g/mol. The van der Waals surface area contributed by atoms with Crippen molar-refractivity contribution in [3.8, 4) is 0 Å². The number of nitrogens with zero attached hydrogens (tertiary/aromatic N) is 5. The maximum atomic E-state index is 12.6. The third kappa shape index (κ3) is 5.01. The first-order valence-corrected chi connectivity index (χ1v) is 10.1. The number of likely N-dealkylation sites (tertiary alicyclic amines) is 1. The normalized spacial score (nSPS) is 14.9. The maximum Gasteiger partial charge on any atom is 0.321 e. The van der Waals surface area contributed by atoms with Crippen molar-refractivity contribution >= 4 is 11.7 Å².